The Morgan fingerprint density at radius 3 is 2.55 bits per heavy atom. The lowest BCUT2D eigenvalue weighted by molar-refractivity contribution is -0.139. The molecule has 2 aromatic carbocycles. The van der Waals surface area contributed by atoms with Crippen LogP contribution in [0.15, 0.2) is 36.4 Å². The van der Waals surface area contributed by atoms with Crippen molar-refractivity contribution in [3.63, 3.8) is 0 Å². The number of nitrogens with zero attached hydrogens (tertiary/aromatic N) is 1. The second kappa shape index (κ2) is 9.55. The minimum absolute atomic E-state index is 0.0835. The van der Waals surface area contributed by atoms with E-state index in [1.807, 2.05) is 13.8 Å². The Morgan fingerprint density at radius 1 is 1.27 bits per heavy atom. The van der Waals surface area contributed by atoms with Crippen LogP contribution in [-0.4, -0.2) is 34.9 Å². The molecule has 176 valence electrons. The number of carbonyl (C=O) groups is 1. The number of hydrogen-bond donors (Lipinski definition) is 3. The molecule has 9 heteroatoms. The van der Waals surface area contributed by atoms with Crippen LogP contribution >= 0.6 is 23.2 Å². The number of hydrogen-bond acceptors (Lipinski definition) is 4. The number of benzene rings is 2. The third-order valence-electron chi connectivity index (χ3n) is 6.44. The van der Waals surface area contributed by atoms with Gasteiger partial charge in [-0.3, -0.25) is 10.1 Å². The van der Waals surface area contributed by atoms with Crippen LogP contribution in [0.25, 0.3) is 0 Å². The summed E-state index contributed by atoms with van der Waals surface area (Å²) in [6.45, 7) is 3.59. The van der Waals surface area contributed by atoms with E-state index in [9.17, 15) is 20.3 Å². The molecule has 0 saturated carbocycles. The Labute approximate surface area is 200 Å². The summed E-state index contributed by atoms with van der Waals surface area (Å²) in [7, 11) is 0. The minimum atomic E-state index is -1.81. The highest BCUT2D eigenvalue weighted by molar-refractivity contribution is 6.31. The van der Waals surface area contributed by atoms with Gasteiger partial charge in [-0.05, 0) is 42.0 Å². The van der Waals surface area contributed by atoms with Crippen LogP contribution in [0, 0.1) is 28.4 Å². The molecule has 1 aliphatic rings. The maximum atomic E-state index is 15.3. The average molecular weight is 497 g/mol. The van der Waals surface area contributed by atoms with Crippen LogP contribution in [0.4, 0.5) is 8.78 Å². The molecule has 2 aromatic rings. The molecule has 0 amide bonds. The molecule has 33 heavy (non-hydrogen) atoms. The van der Waals surface area contributed by atoms with E-state index in [1.165, 1.54) is 30.3 Å². The van der Waals surface area contributed by atoms with Gasteiger partial charge in [0.15, 0.2) is 0 Å². The quantitative estimate of drug-likeness (QED) is 0.499. The van der Waals surface area contributed by atoms with Crippen molar-refractivity contribution < 1.29 is 23.8 Å². The molecule has 0 aliphatic carbocycles. The van der Waals surface area contributed by atoms with E-state index in [0.717, 1.165) is 6.07 Å². The molecule has 4 atom stereocenters. The molecule has 3 rings (SSSR count). The first kappa shape index (κ1) is 25.4. The summed E-state index contributed by atoms with van der Waals surface area (Å²) in [5.41, 5.74) is -2.53. The fourth-order valence-electron chi connectivity index (χ4n) is 4.89. The van der Waals surface area contributed by atoms with Gasteiger partial charge in [0.1, 0.15) is 23.1 Å². The molecule has 0 aromatic heterocycles. The lowest BCUT2D eigenvalue weighted by Crippen LogP contribution is -2.45. The van der Waals surface area contributed by atoms with Gasteiger partial charge in [-0.25, -0.2) is 8.78 Å². The van der Waals surface area contributed by atoms with E-state index >= 15 is 8.78 Å². The Morgan fingerprint density at radius 2 is 1.97 bits per heavy atom. The van der Waals surface area contributed by atoms with E-state index in [0.29, 0.717) is 6.42 Å². The van der Waals surface area contributed by atoms with Gasteiger partial charge in [0.25, 0.3) is 0 Å². The smallest absolute Gasteiger partial charge is 0.321 e. The molecule has 3 N–H and O–H groups in total. The fraction of sp³-hybridized carbons (Fsp3) is 0.417. The fourth-order valence-corrected chi connectivity index (χ4v) is 5.23. The van der Waals surface area contributed by atoms with E-state index < -0.39 is 46.4 Å². The first-order chi connectivity index (χ1) is 15.5. The molecular weight excluding hydrogens is 473 g/mol. The first-order valence-electron chi connectivity index (χ1n) is 10.4. The number of carboxylic acids is 1. The van der Waals surface area contributed by atoms with Crippen LogP contribution in [0.5, 0.6) is 0 Å². The van der Waals surface area contributed by atoms with E-state index in [1.54, 1.807) is 0 Å². The van der Waals surface area contributed by atoms with Gasteiger partial charge >= 0.3 is 5.97 Å². The number of rotatable bonds is 7. The molecule has 1 heterocycles. The number of aliphatic carboxylic acids is 1. The standard InChI is InChI=1S/C24H24Cl2F2N2O3/c1-23(2,8-9-31)11-18-24(12-29,15-7-6-13(25)10-17(15)27)19(21(30-18)22(32)33)14-4-3-5-16(26)20(14)28/h3-7,10,18-19,21,30-31H,8-9,11H2,1-2H3,(H,32,33)/t18-,19-,21+,24-/m0/s1. The van der Waals surface area contributed by atoms with E-state index in [2.05, 4.69) is 11.4 Å². The van der Waals surface area contributed by atoms with Gasteiger partial charge in [-0.1, -0.05) is 55.2 Å². The van der Waals surface area contributed by atoms with Crippen molar-refractivity contribution in [1.29, 1.82) is 5.26 Å². The summed E-state index contributed by atoms with van der Waals surface area (Å²) in [5, 5.41) is 32.9. The molecule has 1 saturated heterocycles. The lowest BCUT2D eigenvalue weighted by atomic mass is 9.62. The Kier molecular flexibility index (Phi) is 7.35. The maximum Gasteiger partial charge on any atom is 0.321 e. The molecular formula is C24H24Cl2F2N2O3. The molecule has 0 spiro atoms. The monoisotopic (exact) mass is 496 g/mol. The summed E-state index contributed by atoms with van der Waals surface area (Å²) in [6, 6.07) is 7.83. The number of aliphatic hydroxyl groups is 1. The summed E-state index contributed by atoms with van der Waals surface area (Å²) >= 11 is 11.9. The van der Waals surface area contributed by atoms with Gasteiger partial charge in [0.2, 0.25) is 0 Å². The van der Waals surface area contributed by atoms with Crippen LogP contribution in [0.2, 0.25) is 10.0 Å². The minimum Gasteiger partial charge on any atom is -0.480 e. The molecule has 1 fully saturated rings. The van der Waals surface area contributed by atoms with Crippen LogP contribution in [0.3, 0.4) is 0 Å². The number of nitriles is 1. The zero-order chi connectivity index (χ0) is 24.6. The average Bonchev–Trinajstić information content (AvgIpc) is 3.04. The van der Waals surface area contributed by atoms with Gasteiger partial charge in [-0.15, -0.1) is 0 Å². The van der Waals surface area contributed by atoms with Crippen molar-refractivity contribution >= 4 is 29.2 Å². The van der Waals surface area contributed by atoms with Crippen molar-refractivity contribution in [2.45, 2.75) is 50.1 Å². The largest absolute Gasteiger partial charge is 0.480 e. The third kappa shape index (κ3) is 4.58. The topological polar surface area (TPSA) is 93.3 Å². The second-order valence-electron chi connectivity index (χ2n) is 9.10. The Balaban J connectivity index is 2.34. The summed E-state index contributed by atoms with van der Waals surface area (Å²) in [4.78, 5) is 12.3. The molecule has 1 aliphatic heterocycles. The van der Waals surface area contributed by atoms with Crippen LogP contribution in [0.1, 0.15) is 43.7 Å². The first-order valence-corrected chi connectivity index (χ1v) is 11.1. The number of nitrogens with one attached hydrogen (secondary N) is 1. The summed E-state index contributed by atoms with van der Waals surface area (Å²) < 4.78 is 30.5. The van der Waals surface area contributed by atoms with Crippen molar-refractivity contribution in [2.75, 3.05) is 6.61 Å². The highest BCUT2D eigenvalue weighted by atomic mass is 35.5. The highest BCUT2D eigenvalue weighted by Crippen LogP contribution is 2.53. The number of carboxylic acid groups (broad SMARTS) is 1. The predicted molar refractivity (Wildman–Crippen MR) is 121 cm³/mol. The number of halogens is 4. The maximum absolute atomic E-state index is 15.3. The normalized spacial score (nSPS) is 25.1. The molecule has 0 radical (unpaired) electrons. The third-order valence-corrected chi connectivity index (χ3v) is 6.97. The van der Waals surface area contributed by atoms with Gasteiger partial charge in [0, 0.05) is 29.2 Å². The van der Waals surface area contributed by atoms with Gasteiger partial charge in [0.05, 0.1) is 11.1 Å². The lowest BCUT2D eigenvalue weighted by Gasteiger charge is -2.38. The van der Waals surface area contributed by atoms with Crippen molar-refractivity contribution in [2.24, 2.45) is 5.41 Å². The van der Waals surface area contributed by atoms with Gasteiger partial charge < -0.3 is 10.2 Å². The van der Waals surface area contributed by atoms with Crippen molar-refractivity contribution in [1.82, 2.24) is 5.32 Å². The highest BCUT2D eigenvalue weighted by Gasteiger charge is 2.61. The van der Waals surface area contributed by atoms with E-state index in [-0.39, 0.29) is 34.2 Å². The SMILES string of the molecule is CC(C)(CCO)C[C@@H]1N[C@@H](C(=O)O)[C@H](c2cccc(Cl)c2F)[C@@]1(C#N)c1ccc(Cl)cc1F. The summed E-state index contributed by atoms with van der Waals surface area (Å²) in [6.07, 6.45) is 0.579. The van der Waals surface area contributed by atoms with Crippen molar-refractivity contribution in [3.8, 4) is 6.07 Å². The zero-order valence-corrected chi connectivity index (χ0v) is 19.6. The van der Waals surface area contributed by atoms with Crippen LogP contribution in [-0.2, 0) is 10.2 Å². The van der Waals surface area contributed by atoms with Crippen molar-refractivity contribution in [3.05, 3.63) is 69.2 Å². The zero-order valence-electron chi connectivity index (χ0n) is 18.1. The van der Waals surface area contributed by atoms with E-state index in [4.69, 9.17) is 23.2 Å². The molecule has 5 nitrogen and oxygen atoms in total. The Bertz CT molecular complexity index is 1110. The van der Waals surface area contributed by atoms with Gasteiger partial charge in [-0.2, -0.15) is 5.26 Å². The van der Waals surface area contributed by atoms with Crippen LogP contribution < -0.4 is 5.32 Å². The summed E-state index contributed by atoms with van der Waals surface area (Å²) in [5.74, 6) is -4.27. The second-order valence-corrected chi connectivity index (χ2v) is 9.95. The number of aliphatic hydroxyl groups excluding tert-OH is 1. The molecule has 0 unspecified atom stereocenters. The Hall–Kier alpha value is -2.24. The predicted octanol–water partition coefficient (Wildman–Crippen LogP) is 5.04. The molecule has 0 bridgehead atoms.